The minimum atomic E-state index is -0.852. The van der Waals surface area contributed by atoms with Crippen LogP contribution in [0, 0.1) is 4.91 Å². The van der Waals surface area contributed by atoms with E-state index in [0.717, 1.165) is 0 Å². The Morgan fingerprint density at radius 1 is 1.47 bits per heavy atom. The number of nitrogens with two attached hydrogens (primary N) is 1. The monoisotopic (exact) mass is 207 g/mol. The van der Waals surface area contributed by atoms with Gasteiger partial charge >= 0.3 is 6.03 Å². The molecule has 2 amide bonds. The van der Waals surface area contributed by atoms with E-state index in [2.05, 4.69) is 17.6 Å². The maximum Gasteiger partial charge on any atom is 0.337 e. The molecule has 0 spiro atoms. The second-order valence-electron chi connectivity index (χ2n) is 2.56. The van der Waals surface area contributed by atoms with Crippen LogP contribution in [-0.4, -0.2) is 18.1 Å². The summed E-state index contributed by atoms with van der Waals surface area (Å²) >= 11 is 0. The Balaban J connectivity index is 0.000000265. The Morgan fingerprint density at radius 3 is 2.20 bits per heavy atom. The Labute approximate surface area is 88.1 Å². The fourth-order valence-corrected chi connectivity index (χ4v) is 0.629. The van der Waals surface area contributed by atoms with Crippen LogP contribution in [0.2, 0.25) is 0 Å². The van der Waals surface area contributed by atoms with E-state index < -0.39 is 6.03 Å². The number of benzene rings is 1. The lowest BCUT2D eigenvalue weighted by Crippen LogP contribution is -2.26. The highest BCUT2D eigenvalue weighted by molar-refractivity contribution is 5.71. The highest BCUT2D eigenvalue weighted by Crippen LogP contribution is 1.97. The summed E-state index contributed by atoms with van der Waals surface area (Å²) in [5.41, 5.74) is 5.71. The molecule has 0 fully saturated rings. The standard InChI is InChI=1S/C8H8.C2H5N3O2/c1-2-8-6-4-3-5-7-8;1-5(4-7)2(3)6/h2-7H,1H2;1H3,(H2,3,6). The molecule has 1 aromatic carbocycles. The molecule has 2 N–H and O–H groups in total. The third-order valence-corrected chi connectivity index (χ3v) is 1.48. The Morgan fingerprint density at radius 2 is 2.00 bits per heavy atom. The van der Waals surface area contributed by atoms with E-state index >= 15 is 0 Å². The Bertz CT molecular complexity index is 325. The molecular weight excluding hydrogens is 194 g/mol. The van der Waals surface area contributed by atoms with Crippen LogP contribution < -0.4 is 5.73 Å². The largest absolute Gasteiger partial charge is 0.350 e. The summed E-state index contributed by atoms with van der Waals surface area (Å²) in [7, 11) is 1.18. The fourth-order valence-electron chi connectivity index (χ4n) is 0.629. The molecule has 1 aromatic rings. The first-order chi connectivity index (χ1) is 7.11. The maximum atomic E-state index is 9.78. The minimum Gasteiger partial charge on any atom is -0.350 e. The van der Waals surface area contributed by atoms with Gasteiger partial charge in [-0.05, 0) is 5.56 Å². The van der Waals surface area contributed by atoms with E-state index in [1.165, 1.54) is 12.6 Å². The number of hydrogen-bond donors (Lipinski definition) is 1. The summed E-state index contributed by atoms with van der Waals surface area (Å²) in [4.78, 5) is 19.1. The van der Waals surface area contributed by atoms with Crippen LogP contribution in [-0.2, 0) is 0 Å². The van der Waals surface area contributed by atoms with Gasteiger partial charge in [0.05, 0.1) is 5.29 Å². The van der Waals surface area contributed by atoms with Crippen molar-refractivity contribution < 1.29 is 4.79 Å². The van der Waals surface area contributed by atoms with Crippen LogP contribution >= 0.6 is 0 Å². The van der Waals surface area contributed by atoms with Crippen molar-refractivity contribution in [3.8, 4) is 0 Å². The second kappa shape index (κ2) is 7.25. The molecule has 0 atom stereocenters. The van der Waals surface area contributed by atoms with Gasteiger partial charge in [-0.3, -0.25) is 0 Å². The maximum absolute atomic E-state index is 9.78. The van der Waals surface area contributed by atoms with Gasteiger partial charge in [-0.15, -0.1) is 4.91 Å². The van der Waals surface area contributed by atoms with Crippen molar-refractivity contribution in [2.45, 2.75) is 0 Å². The lowest BCUT2D eigenvalue weighted by atomic mass is 10.2. The Kier molecular flexibility index (Phi) is 6.20. The van der Waals surface area contributed by atoms with Crippen LogP contribution in [0.1, 0.15) is 5.56 Å². The first-order valence-electron chi connectivity index (χ1n) is 4.15. The van der Waals surface area contributed by atoms with Crippen molar-refractivity contribution in [1.82, 2.24) is 5.01 Å². The molecule has 0 bridgehead atoms. The molecule has 0 aliphatic heterocycles. The second-order valence-corrected chi connectivity index (χ2v) is 2.56. The third kappa shape index (κ3) is 5.98. The van der Waals surface area contributed by atoms with Gasteiger partial charge < -0.3 is 5.73 Å². The molecule has 0 saturated heterocycles. The first-order valence-corrected chi connectivity index (χ1v) is 4.15. The van der Waals surface area contributed by atoms with E-state index in [4.69, 9.17) is 0 Å². The van der Waals surface area contributed by atoms with Crippen molar-refractivity contribution in [2.24, 2.45) is 11.0 Å². The van der Waals surface area contributed by atoms with E-state index in [0.29, 0.717) is 5.01 Å². The number of urea groups is 1. The van der Waals surface area contributed by atoms with Crippen LogP contribution in [0.3, 0.4) is 0 Å². The van der Waals surface area contributed by atoms with Crippen LogP contribution in [0.4, 0.5) is 4.79 Å². The molecule has 1 rings (SSSR count). The van der Waals surface area contributed by atoms with Gasteiger partial charge in [-0.2, -0.15) is 5.01 Å². The fraction of sp³-hybridized carbons (Fsp3) is 0.100. The quantitative estimate of drug-likeness (QED) is 0.594. The molecule has 0 radical (unpaired) electrons. The minimum absolute atomic E-state index is 0.500. The molecule has 0 aromatic heterocycles. The number of nitroso groups, excluding NO2 is 1. The molecule has 15 heavy (non-hydrogen) atoms. The van der Waals surface area contributed by atoms with Gasteiger partial charge in [0.15, 0.2) is 0 Å². The van der Waals surface area contributed by atoms with Gasteiger partial charge in [0.2, 0.25) is 0 Å². The SMILES string of the molecule is C=Cc1ccccc1.CN(N=O)C(N)=O. The number of hydrogen-bond acceptors (Lipinski definition) is 3. The average molecular weight is 207 g/mol. The van der Waals surface area contributed by atoms with E-state index in [1.54, 1.807) is 0 Å². The van der Waals surface area contributed by atoms with Crippen LogP contribution in [0.25, 0.3) is 6.08 Å². The zero-order valence-electron chi connectivity index (χ0n) is 8.46. The van der Waals surface area contributed by atoms with Gasteiger partial charge in [0.25, 0.3) is 0 Å². The van der Waals surface area contributed by atoms with Gasteiger partial charge in [-0.25, -0.2) is 4.79 Å². The van der Waals surface area contributed by atoms with E-state index in [-0.39, 0.29) is 0 Å². The summed E-state index contributed by atoms with van der Waals surface area (Å²) in [5.74, 6) is 0. The molecule has 0 aliphatic carbocycles. The smallest absolute Gasteiger partial charge is 0.337 e. The van der Waals surface area contributed by atoms with Crippen LogP contribution in [0.15, 0.2) is 42.2 Å². The summed E-state index contributed by atoms with van der Waals surface area (Å²) < 4.78 is 0. The number of carbonyl (C=O) groups excluding carboxylic acids is 1. The highest BCUT2D eigenvalue weighted by Gasteiger charge is 1.97. The molecule has 0 unspecified atom stereocenters. The molecule has 0 heterocycles. The number of rotatable bonds is 2. The van der Waals surface area contributed by atoms with Crippen LogP contribution in [0.5, 0.6) is 0 Å². The number of amides is 2. The predicted octanol–water partition coefficient (Wildman–Crippen LogP) is 2.01. The first kappa shape index (κ1) is 12.8. The molecule has 80 valence electrons. The number of carbonyl (C=O) groups is 1. The van der Waals surface area contributed by atoms with E-state index in [9.17, 15) is 9.70 Å². The van der Waals surface area contributed by atoms with Crippen molar-refractivity contribution in [3.63, 3.8) is 0 Å². The van der Waals surface area contributed by atoms with Gasteiger partial charge in [-0.1, -0.05) is 43.0 Å². The van der Waals surface area contributed by atoms with E-state index in [1.807, 2.05) is 36.4 Å². The summed E-state index contributed by atoms with van der Waals surface area (Å²) in [5, 5.41) is 2.70. The lowest BCUT2D eigenvalue weighted by molar-refractivity contribution is 0.220. The zero-order valence-corrected chi connectivity index (χ0v) is 8.46. The normalized spacial score (nSPS) is 8.07. The van der Waals surface area contributed by atoms with Crippen molar-refractivity contribution in [2.75, 3.05) is 7.05 Å². The molecule has 0 saturated carbocycles. The van der Waals surface area contributed by atoms with Crippen molar-refractivity contribution in [3.05, 3.63) is 47.4 Å². The van der Waals surface area contributed by atoms with Crippen molar-refractivity contribution in [1.29, 1.82) is 0 Å². The topological polar surface area (TPSA) is 75.8 Å². The van der Waals surface area contributed by atoms with Crippen molar-refractivity contribution >= 4 is 12.1 Å². The number of nitrogens with zero attached hydrogens (tertiary/aromatic N) is 2. The third-order valence-electron chi connectivity index (χ3n) is 1.48. The van der Waals surface area contributed by atoms with Gasteiger partial charge in [0.1, 0.15) is 0 Å². The summed E-state index contributed by atoms with van der Waals surface area (Å²) in [6, 6.07) is 9.18. The molecule has 0 aliphatic rings. The van der Waals surface area contributed by atoms with Gasteiger partial charge in [0, 0.05) is 7.05 Å². The molecular formula is C10H13N3O2. The predicted molar refractivity (Wildman–Crippen MR) is 59.7 cm³/mol. The molecule has 5 nitrogen and oxygen atoms in total. The highest BCUT2D eigenvalue weighted by atomic mass is 16.3. The average Bonchev–Trinajstić information content (AvgIpc) is 2.29. The number of primary amides is 1. The Hall–Kier alpha value is -2.17. The summed E-state index contributed by atoms with van der Waals surface area (Å²) in [6.07, 6.45) is 1.83. The zero-order chi connectivity index (χ0) is 11.7. The molecule has 5 heteroatoms. The lowest BCUT2D eigenvalue weighted by Gasteiger charge is -1.97. The summed E-state index contributed by atoms with van der Waals surface area (Å²) in [6.45, 7) is 3.63.